The highest BCUT2D eigenvalue weighted by atomic mass is 28.4. The topological polar surface area (TPSA) is 83.9 Å². The van der Waals surface area contributed by atoms with Crippen LogP contribution in [0.1, 0.15) is 203 Å². The Hall–Kier alpha value is -5.13. The van der Waals surface area contributed by atoms with Gasteiger partial charge in [-0.25, -0.2) is 0 Å². The van der Waals surface area contributed by atoms with Crippen LogP contribution in [0.3, 0.4) is 0 Å². The largest absolute Gasteiger partial charge is 0.495 e. The third kappa shape index (κ3) is 16.4. The molecule has 7 nitrogen and oxygen atoms in total. The van der Waals surface area contributed by atoms with Crippen LogP contribution in [0.15, 0.2) is 91.3 Å². The summed E-state index contributed by atoms with van der Waals surface area (Å²) >= 11 is 0. The molecule has 82 heavy (non-hydrogen) atoms. The lowest BCUT2D eigenvalue weighted by molar-refractivity contribution is -0.191. The number of rotatable bonds is 19. The lowest BCUT2D eigenvalue weighted by atomic mass is 9.68. The van der Waals surface area contributed by atoms with E-state index in [0.29, 0.717) is 0 Å². The number of aryl methyl sites for hydroxylation is 5. The number of carbonyl (C=O) groups excluding carboxylic acids is 2. The van der Waals surface area contributed by atoms with Crippen LogP contribution in [-0.4, -0.2) is 57.3 Å². The summed E-state index contributed by atoms with van der Waals surface area (Å²) in [7, 11) is -3.77. The quantitative estimate of drug-likeness (QED) is 0.0602. The van der Waals surface area contributed by atoms with Crippen LogP contribution in [0.25, 0.3) is 11.1 Å². The zero-order chi connectivity index (χ0) is 61.7. The van der Waals surface area contributed by atoms with E-state index in [1.165, 1.54) is 61.2 Å². The van der Waals surface area contributed by atoms with Gasteiger partial charge in [-0.2, -0.15) is 9.59 Å². The Morgan fingerprint density at radius 2 is 0.866 bits per heavy atom. The van der Waals surface area contributed by atoms with Crippen molar-refractivity contribution in [2.24, 2.45) is 0 Å². The van der Waals surface area contributed by atoms with Crippen molar-refractivity contribution in [2.75, 3.05) is 0 Å². The highest BCUT2D eigenvalue weighted by molar-refractivity contribution is 6.70. The molecule has 0 aliphatic carbocycles. The standard InChI is InChI=1S/C36H49NOSi.C35H53BO3Si.CO2/c1-11-29-24-31(26-37-25-29)34-19-18-33(23-28(34)7)36(14-4,15-5)32-17-16-30(27(6)22-32)20-21-35(12-2,13-3)38-39(8,9)10;1-14-34(15-2,39-40(11,12)13)23-22-28-18-19-29(24-26(28)5)35(16-3,17-4)30-20-21-31(27(6)25-30)36-37-32(7,8)33(9,10)38-36;2-1-3/h16-19,22-26H,11-15H2,1-10H3;18-21,24-25H,14-17H2,1-13H3;. The van der Waals surface area contributed by atoms with E-state index < -0.39 is 16.6 Å². The second kappa shape index (κ2) is 28.6. The highest BCUT2D eigenvalue weighted by Gasteiger charge is 2.52. The Kier molecular flexibility index (Phi) is 24.2. The molecular formula is C72H102BNO6Si2. The van der Waals surface area contributed by atoms with Gasteiger partial charge < -0.3 is 18.2 Å². The first-order chi connectivity index (χ1) is 38.4. The van der Waals surface area contributed by atoms with E-state index in [1.54, 1.807) is 0 Å². The molecule has 4 aromatic carbocycles. The summed E-state index contributed by atoms with van der Waals surface area (Å²) in [6.45, 7) is 50.9. The smallest absolute Gasteiger partial charge is 0.402 e. The van der Waals surface area contributed by atoms with E-state index in [0.717, 1.165) is 74.4 Å². The van der Waals surface area contributed by atoms with Crippen LogP contribution in [-0.2, 0) is 45.0 Å². The second-order valence-electron chi connectivity index (χ2n) is 25.7. The molecule has 0 saturated carbocycles. The molecule has 10 heteroatoms. The minimum Gasteiger partial charge on any atom is -0.402 e. The zero-order valence-electron chi connectivity index (χ0n) is 55.0. The molecule has 0 N–H and O–H groups in total. The Bertz CT molecular complexity index is 3080. The average Bonchev–Trinajstić information content (AvgIpc) is 3.69. The molecule has 2 heterocycles. The van der Waals surface area contributed by atoms with E-state index in [2.05, 4.69) is 265 Å². The zero-order valence-corrected chi connectivity index (χ0v) is 57.0. The van der Waals surface area contributed by atoms with Gasteiger partial charge in [-0.1, -0.05) is 152 Å². The van der Waals surface area contributed by atoms with Gasteiger partial charge in [0, 0.05) is 39.9 Å². The summed E-state index contributed by atoms with van der Waals surface area (Å²) in [4.78, 5) is 20.7. The van der Waals surface area contributed by atoms with Crippen LogP contribution in [0, 0.1) is 51.4 Å². The predicted octanol–water partition coefficient (Wildman–Crippen LogP) is 17.7. The molecule has 1 fully saturated rings. The van der Waals surface area contributed by atoms with Gasteiger partial charge in [0.2, 0.25) is 0 Å². The van der Waals surface area contributed by atoms with Crippen molar-refractivity contribution >= 4 is 35.4 Å². The van der Waals surface area contributed by atoms with Crippen molar-refractivity contribution in [3.63, 3.8) is 0 Å². The second-order valence-corrected chi connectivity index (χ2v) is 34.5. The van der Waals surface area contributed by atoms with Crippen molar-refractivity contribution in [1.82, 2.24) is 4.98 Å². The summed E-state index contributed by atoms with van der Waals surface area (Å²) in [5.41, 5.74) is 15.9. The summed E-state index contributed by atoms with van der Waals surface area (Å²) < 4.78 is 25.9. The maximum absolute atomic E-state index is 8.12. The van der Waals surface area contributed by atoms with Crippen LogP contribution >= 0.6 is 0 Å². The number of nitrogens with zero attached hydrogens (tertiary/aromatic N) is 1. The van der Waals surface area contributed by atoms with Crippen molar-refractivity contribution in [1.29, 1.82) is 0 Å². The number of hydrogen-bond donors (Lipinski definition) is 0. The van der Waals surface area contributed by atoms with E-state index in [9.17, 15) is 0 Å². The first-order valence-electron chi connectivity index (χ1n) is 30.6. The first kappa shape index (κ1) is 69.4. The van der Waals surface area contributed by atoms with Gasteiger partial charge in [0.1, 0.15) is 11.2 Å². The molecule has 0 spiro atoms. The molecule has 0 unspecified atom stereocenters. The predicted molar refractivity (Wildman–Crippen MR) is 350 cm³/mol. The fourth-order valence-electron chi connectivity index (χ4n) is 11.7. The Labute approximate surface area is 500 Å². The SMILES string of the molecule is CCC(C#Cc1ccc(C(CC)(CC)c2ccc(B3OC(C)(C)C(C)(C)O3)c(C)c2)cc1C)(CC)O[Si](C)(C)C.CCc1cncc(-c2ccc(C(CC)(CC)c3ccc(C#CC(CC)(CC)O[Si](C)(C)C)c(C)c3)cc2C)c1.O=C=O. The molecule has 1 aliphatic heterocycles. The van der Waals surface area contributed by atoms with E-state index in [4.69, 9.17) is 27.7 Å². The van der Waals surface area contributed by atoms with Crippen LogP contribution in [0.5, 0.6) is 0 Å². The minimum atomic E-state index is -1.72. The van der Waals surface area contributed by atoms with Gasteiger partial charge >= 0.3 is 13.3 Å². The molecule has 0 atom stereocenters. The van der Waals surface area contributed by atoms with E-state index in [-0.39, 0.29) is 46.5 Å². The van der Waals surface area contributed by atoms with Gasteiger partial charge in [-0.05, 0) is 226 Å². The first-order valence-corrected chi connectivity index (χ1v) is 37.4. The van der Waals surface area contributed by atoms with E-state index >= 15 is 0 Å². The molecule has 1 saturated heterocycles. The summed E-state index contributed by atoms with van der Waals surface area (Å²) in [6.07, 6.45) is 12.9. The Morgan fingerprint density at radius 1 is 0.500 bits per heavy atom. The van der Waals surface area contributed by atoms with Gasteiger partial charge in [-0.3, -0.25) is 4.98 Å². The molecule has 0 amide bonds. The monoisotopic (exact) mass is 1140 g/mol. The fourth-order valence-corrected chi connectivity index (χ4v) is 14.7. The molecule has 442 valence electrons. The minimum absolute atomic E-state index is 0.0406. The molecule has 0 radical (unpaired) electrons. The lowest BCUT2D eigenvalue weighted by Gasteiger charge is -2.34. The number of benzene rings is 4. The normalized spacial score (nSPS) is 14.3. The average molecular weight is 1140 g/mol. The third-order valence-electron chi connectivity index (χ3n) is 17.7. The highest BCUT2D eigenvalue weighted by Crippen LogP contribution is 2.43. The molecule has 5 aromatic rings. The van der Waals surface area contributed by atoms with Crippen molar-refractivity contribution in [3.05, 3.63) is 152 Å². The maximum atomic E-state index is 8.12. The summed E-state index contributed by atoms with van der Waals surface area (Å²) in [5, 5.41) is 0. The summed E-state index contributed by atoms with van der Waals surface area (Å²) in [5.74, 6) is 14.1. The molecule has 1 aliphatic rings. The van der Waals surface area contributed by atoms with Crippen molar-refractivity contribution in [3.8, 4) is 34.8 Å². The molecule has 1 aromatic heterocycles. The van der Waals surface area contributed by atoms with Crippen LogP contribution in [0.2, 0.25) is 39.3 Å². The van der Waals surface area contributed by atoms with Gasteiger partial charge in [0.05, 0.1) is 11.2 Å². The van der Waals surface area contributed by atoms with Gasteiger partial charge in [0.25, 0.3) is 0 Å². The Morgan fingerprint density at radius 3 is 1.20 bits per heavy atom. The number of hydrogen-bond acceptors (Lipinski definition) is 7. The van der Waals surface area contributed by atoms with Crippen molar-refractivity contribution < 1.29 is 27.7 Å². The van der Waals surface area contributed by atoms with Crippen molar-refractivity contribution in [2.45, 2.75) is 248 Å². The third-order valence-corrected chi connectivity index (χ3v) is 19.7. The van der Waals surface area contributed by atoms with Gasteiger partial charge in [-0.15, -0.1) is 0 Å². The van der Waals surface area contributed by atoms with Gasteiger partial charge in [0.15, 0.2) is 16.6 Å². The number of aromatic nitrogens is 1. The fraction of sp³-hybridized carbons (Fsp3) is 0.528. The van der Waals surface area contributed by atoms with E-state index in [1.807, 2.05) is 12.4 Å². The maximum Gasteiger partial charge on any atom is 0.495 e. The lowest BCUT2D eigenvalue weighted by Crippen LogP contribution is -2.41. The molecule has 0 bridgehead atoms. The van der Waals surface area contributed by atoms with Crippen LogP contribution in [0.4, 0.5) is 0 Å². The summed E-state index contributed by atoms with van der Waals surface area (Å²) in [6, 6.07) is 29.9. The van der Waals surface area contributed by atoms with Crippen LogP contribution < -0.4 is 5.46 Å². The Balaban J connectivity index is 0.000000336. The molecule has 6 rings (SSSR count). The molecular weight excluding hydrogens is 1040 g/mol. The number of pyridine rings is 1.